The molecule has 9 nitrogen and oxygen atoms in total. The first-order valence-electron chi connectivity index (χ1n) is 6.89. The van der Waals surface area contributed by atoms with Crippen molar-refractivity contribution in [2.75, 3.05) is 12.4 Å². The molecule has 0 unspecified atom stereocenters. The predicted molar refractivity (Wildman–Crippen MR) is 76.9 cm³/mol. The van der Waals surface area contributed by atoms with Crippen LogP contribution in [0.2, 0.25) is 0 Å². The number of nitrogens with one attached hydrogen (secondary N) is 1. The summed E-state index contributed by atoms with van der Waals surface area (Å²) in [6.45, 7) is -0.177. The summed E-state index contributed by atoms with van der Waals surface area (Å²) in [6, 6.07) is 4.68. The normalized spacial score (nSPS) is 30.7. The number of hydrogen-bond acceptors (Lipinski definition) is 8. The van der Waals surface area contributed by atoms with E-state index >= 15 is 0 Å². The van der Waals surface area contributed by atoms with Crippen LogP contribution in [0.5, 0.6) is 5.75 Å². The van der Waals surface area contributed by atoms with E-state index in [0.717, 1.165) is 0 Å². The van der Waals surface area contributed by atoms with E-state index in [4.69, 9.17) is 19.7 Å². The SMILES string of the molecule is CNc1cc(CO)ccc1O[C@@H]1O[C@H](C(=O)O)[C@@H](O)[C@H](O)[C@H]1O. The van der Waals surface area contributed by atoms with E-state index in [2.05, 4.69) is 5.32 Å². The third-order valence-corrected chi connectivity index (χ3v) is 3.55. The summed E-state index contributed by atoms with van der Waals surface area (Å²) in [5.74, 6) is -1.26. The first-order valence-corrected chi connectivity index (χ1v) is 6.89. The first kappa shape index (κ1) is 17.4. The molecule has 0 aliphatic carbocycles. The van der Waals surface area contributed by atoms with E-state index < -0.39 is 36.7 Å². The first-order chi connectivity index (χ1) is 10.9. The highest BCUT2D eigenvalue weighted by molar-refractivity contribution is 5.73. The molecule has 1 saturated heterocycles. The monoisotopic (exact) mass is 329 g/mol. The number of aliphatic carboxylic acids is 1. The molecule has 6 N–H and O–H groups in total. The number of carboxylic acid groups (broad SMARTS) is 1. The zero-order valence-corrected chi connectivity index (χ0v) is 12.3. The average molecular weight is 329 g/mol. The molecule has 0 amide bonds. The summed E-state index contributed by atoms with van der Waals surface area (Å²) in [4.78, 5) is 11.0. The van der Waals surface area contributed by atoms with Crippen molar-refractivity contribution in [1.82, 2.24) is 0 Å². The number of hydrogen-bond donors (Lipinski definition) is 6. The molecule has 1 aromatic carbocycles. The third kappa shape index (κ3) is 3.54. The van der Waals surface area contributed by atoms with Crippen LogP contribution in [0, 0.1) is 0 Å². The molecule has 1 aliphatic rings. The fraction of sp³-hybridized carbons (Fsp3) is 0.500. The summed E-state index contributed by atoms with van der Waals surface area (Å²) in [7, 11) is 1.61. The van der Waals surface area contributed by atoms with Crippen LogP contribution in [0.3, 0.4) is 0 Å². The third-order valence-electron chi connectivity index (χ3n) is 3.55. The number of rotatable bonds is 5. The van der Waals surface area contributed by atoms with Gasteiger partial charge in [-0.05, 0) is 17.7 Å². The van der Waals surface area contributed by atoms with E-state index in [1.165, 1.54) is 6.07 Å². The van der Waals surface area contributed by atoms with Crippen molar-refractivity contribution in [2.45, 2.75) is 37.3 Å². The van der Waals surface area contributed by atoms with Gasteiger partial charge < -0.3 is 40.3 Å². The van der Waals surface area contributed by atoms with Gasteiger partial charge in [-0.25, -0.2) is 4.79 Å². The van der Waals surface area contributed by atoms with E-state index in [-0.39, 0.29) is 12.4 Å². The molecule has 128 valence electrons. The number of aliphatic hydroxyl groups excluding tert-OH is 4. The molecule has 23 heavy (non-hydrogen) atoms. The summed E-state index contributed by atoms with van der Waals surface area (Å²) in [5.41, 5.74) is 1.09. The van der Waals surface area contributed by atoms with Gasteiger partial charge in [0.25, 0.3) is 0 Å². The Hall–Kier alpha value is -1.91. The minimum atomic E-state index is -1.78. The van der Waals surface area contributed by atoms with Gasteiger partial charge in [-0.3, -0.25) is 0 Å². The molecule has 1 aromatic rings. The molecule has 2 rings (SSSR count). The Labute approximate surface area is 131 Å². The maximum atomic E-state index is 11.0. The fourth-order valence-electron chi connectivity index (χ4n) is 2.25. The van der Waals surface area contributed by atoms with Crippen LogP contribution in [0.15, 0.2) is 18.2 Å². The van der Waals surface area contributed by atoms with Crippen LogP contribution in [-0.2, 0) is 16.1 Å². The van der Waals surface area contributed by atoms with Crippen LogP contribution >= 0.6 is 0 Å². The van der Waals surface area contributed by atoms with Crippen molar-refractivity contribution >= 4 is 11.7 Å². The second kappa shape index (κ2) is 7.11. The molecule has 0 saturated carbocycles. The smallest absolute Gasteiger partial charge is 0.335 e. The van der Waals surface area contributed by atoms with Crippen LogP contribution in [0.1, 0.15) is 5.56 Å². The predicted octanol–water partition coefficient (Wildman–Crippen LogP) is -1.51. The van der Waals surface area contributed by atoms with Crippen molar-refractivity contribution in [3.63, 3.8) is 0 Å². The molecular weight excluding hydrogens is 310 g/mol. The number of carboxylic acids is 1. The summed E-state index contributed by atoms with van der Waals surface area (Å²) >= 11 is 0. The van der Waals surface area contributed by atoms with Crippen LogP contribution in [-0.4, -0.2) is 69.3 Å². The lowest BCUT2D eigenvalue weighted by Gasteiger charge is -2.38. The standard InChI is InChI=1S/C14H19NO8/c1-15-7-4-6(5-16)2-3-8(7)22-14-11(19)9(17)10(18)12(23-14)13(20)21/h2-4,9-12,14-19H,5H2,1H3,(H,20,21)/t9-,10-,11+,12-,14+/m0/s1. The van der Waals surface area contributed by atoms with Gasteiger partial charge in [0.05, 0.1) is 12.3 Å². The fourth-order valence-corrected chi connectivity index (χ4v) is 2.25. The quantitative estimate of drug-likeness (QED) is 0.379. The minimum Gasteiger partial charge on any atom is -0.479 e. The van der Waals surface area contributed by atoms with Crippen molar-refractivity contribution < 1.29 is 39.8 Å². The van der Waals surface area contributed by atoms with Gasteiger partial charge in [0.15, 0.2) is 6.10 Å². The van der Waals surface area contributed by atoms with Crippen LogP contribution < -0.4 is 10.1 Å². The maximum absolute atomic E-state index is 11.0. The highest BCUT2D eigenvalue weighted by Gasteiger charge is 2.48. The Kier molecular flexibility index (Phi) is 5.39. The Morgan fingerprint density at radius 2 is 1.96 bits per heavy atom. The highest BCUT2D eigenvalue weighted by atomic mass is 16.7. The summed E-state index contributed by atoms with van der Waals surface area (Å²) < 4.78 is 10.5. The molecule has 0 radical (unpaired) electrons. The lowest BCUT2D eigenvalue weighted by atomic mass is 9.99. The Balaban J connectivity index is 2.22. The van der Waals surface area contributed by atoms with E-state index in [9.17, 15) is 20.1 Å². The Morgan fingerprint density at radius 1 is 1.26 bits per heavy atom. The number of benzene rings is 1. The highest BCUT2D eigenvalue weighted by Crippen LogP contribution is 2.30. The Bertz CT molecular complexity index is 566. The second-order valence-corrected chi connectivity index (χ2v) is 5.09. The van der Waals surface area contributed by atoms with Gasteiger partial charge in [0.1, 0.15) is 24.1 Å². The van der Waals surface area contributed by atoms with Gasteiger partial charge in [0, 0.05) is 7.05 Å². The van der Waals surface area contributed by atoms with Crippen LogP contribution in [0.4, 0.5) is 5.69 Å². The summed E-state index contributed by atoms with van der Waals surface area (Å²) in [5, 5.41) is 50.2. The lowest BCUT2D eigenvalue weighted by molar-refractivity contribution is -0.271. The molecule has 9 heteroatoms. The van der Waals surface area contributed by atoms with Crippen molar-refractivity contribution in [3.8, 4) is 5.75 Å². The molecule has 0 spiro atoms. The minimum absolute atomic E-state index is 0.177. The van der Waals surface area contributed by atoms with Gasteiger partial charge in [0.2, 0.25) is 6.29 Å². The Morgan fingerprint density at radius 3 is 2.52 bits per heavy atom. The molecule has 0 aromatic heterocycles. The second-order valence-electron chi connectivity index (χ2n) is 5.09. The van der Waals surface area contributed by atoms with E-state index in [0.29, 0.717) is 11.3 Å². The molecule has 0 bridgehead atoms. The van der Waals surface area contributed by atoms with Gasteiger partial charge in [-0.2, -0.15) is 0 Å². The van der Waals surface area contributed by atoms with Crippen molar-refractivity contribution in [3.05, 3.63) is 23.8 Å². The van der Waals surface area contributed by atoms with E-state index in [1.807, 2.05) is 0 Å². The molecule has 1 aliphatic heterocycles. The molecular formula is C14H19NO8. The van der Waals surface area contributed by atoms with E-state index in [1.54, 1.807) is 19.2 Å². The van der Waals surface area contributed by atoms with Crippen LogP contribution in [0.25, 0.3) is 0 Å². The average Bonchev–Trinajstić information content (AvgIpc) is 2.55. The zero-order chi connectivity index (χ0) is 17.1. The number of aliphatic hydroxyl groups is 4. The molecule has 5 atom stereocenters. The zero-order valence-electron chi connectivity index (χ0n) is 12.3. The number of carbonyl (C=O) groups is 1. The maximum Gasteiger partial charge on any atom is 0.335 e. The lowest BCUT2D eigenvalue weighted by Crippen LogP contribution is -2.61. The van der Waals surface area contributed by atoms with Crippen molar-refractivity contribution in [2.24, 2.45) is 0 Å². The molecule has 1 fully saturated rings. The topological polar surface area (TPSA) is 149 Å². The number of anilines is 1. The number of ether oxygens (including phenoxy) is 2. The van der Waals surface area contributed by atoms with Crippen molar-refractivity contribution in [1.29, 1.82) is 0 Å². The van der Waals surface area contributed by atoms with Gasteiger partial charge in [-0.15, -0.1) is 0 Å². The van der Waals surface area contributed by atoms with Gasteiger partial charge in [-0.1, -0.05) is 6.07 Å². The summed E-state index contributed by atoms with van der Waals surface area (Å²) in [6.07, 6.45) is -8.36. The molecule has 1 heterocycles. The van der Waals surface area contributed by atoms with Gasteiger partial charge >= 0.3 is 5.97 Å². The largest absolute Gasteiger partial charge is 0.479 e.